The second kappa shape index (κ2) is 12.9. The molecule has 1 amide bonds. The lowest BCUT2D eigenvalue weighted by atomic mass is 9.97. The van der Waals surface area contributed by atoms with Crippen LogP contribution < -0.4 is 9.64 Å². The number of fused-ring (bicyclic) bond motifs is 2. The average Bonchev–Trinajstić information content (AvgIpc) is 3.42. The predicted octanol–water partition coefficient (Wildman–Crippen LogP) is 4.81. The first-order valence-corrected chi connectivity index (χ1v) is 15.1. The topological polar surface area (TPSA) is 88.3 Å². The minimum Gasteiger partial charge on any atom is -0.462 e. The zero-order chi connectivity index (χ0) is 32.5. The van der Waals surface area contributed by atoms with Crippen molar-refractivity contribution >= 4 is 33.4 Å². The van der Waals surface area contributed by atoms with Gasteiger partial charge in [-0.25, -0.2) is 15.4 Å². The van der Waals surface area contributed by atoms with E-state index in [2.05, 4.69) is 26.3 Å². The highest BCUT2D eigenvalue weighted by Gasteiger charge is 2.36. The second-order valence-corrected chi connectivity index (χ2v) is 11.8. The van der Waals surface area contributed by atoms with E-state index in [4.69, 9.17) is 21.0 Å². The Morgan fingerprint density at radius 3 is 2.65 bits per heavy atom. The van der Waals surface area contributed by atoms with Gasteiger partial charge in [-0.05, 0) is 36.7 Å². The maximum absolute atomic E-state index is 16.7. The lowest BCUT2D eigenvalue weighted by Gasteiger charge is -2.39. The number of carbonyl (C=O) groups is 1. The SMILES string of the molecule is [C-]#[N+]C[C@H]1CN(c2nc(OC[C@@H]3C[C@@H](OC)CN3C)nc3c(F)c(-c4cccc5cccc(C)c45)ncc23)CCN1C(=O)C(=C)F. The fourth-order valence-corrected chi connectivity index (χ4v) is 6.54. The molecule has 4 aromatic rings. The Morgan fingerprint density at radius 1 is 1.15 bits per heavy atom. The van der Waals surface area contributed by atoms with Crippen LogP contribution in [-0.2, 0) is 9.53 Å². The lowest BCUT2D eigenvalue weighted by Crippen LogP contribution is -2.56. The van der Waals surface area contributed by atoms with E-state index in [-0.39, 0.29) is 62.2 Å². The molecular weight excluding hydrogens is 592 g/mol. The number of halogens is 2. The smallest absolute Gasteiger partial charge is 0.319 e. The number of carbonyl (C=O) groups excluding carboxylic acids is 1. The number of amides is 1. The van der Waals surface area contributed by atoms with Crippen LogP contribution >= 0.6 is 0 Å². The Kier molecular flexibility index (Phi) is 8.80. The van der Waals surface area contributed by atoms with Gasteiger partial charge in [0.2, 0.25) is 6.54 Å². The number of anilines is 1. The third-order valence-corrected chi connectivity index (χ3v) is 8.98. The van der Waals surface area contributed by atoms with E-state index in [0.29, 0.717) is 16.8 Å². The van der Waals surface area contributed by atoms with Gasteiger partial charge in [0.1, 0.15) is 29.7 Å². The summed E-state index contributed by atoms with van der Waals surface area (Å²) in [6.07, 6.45) is 2.41. The van der Waals surface area contributed by atoms with E-state index in [1.807, 2.05) is 55.3 Å². The summed E-state index contributed by atoms with van der Waals surface area (Å²) in [5, 5.41) is 2.23. The standard InChI is InChI=1S/C34H35F2N7O3/c1-20-8-6-9-22-10-7-11-26(28(20)22)30-29(36)31-27(16-38-30)32(40-34(39-31)46-19-23-14-25(45-5)18-41(23)4)42-12-13-43(33(44)21(2)35)24(17-42)15-37-3/h6-11,16,23-25H,2,12-15,17-19H2,1,4-5H3/t23-,24-,25+/m0/s1. The number of benzene rings is 2. The molecule has 10 nitrogen and oxygen atoms in total. The molecule has 0 spiro atoms. The van der Waals surface area contributed by atoms with Crippen molar-refractivity contribution in [1.29, 1.82) is 0 Å². The summed E-state index contributed by atoms with van der Waals surface area (Å²) in [5.41, 5.74) is 1.84. The zero-order valence-electron chi connectivity index (χ0n) is 26.0. The normalized spacial score (nSPS) is 20.3. The van der Waals surface area contributed by atoms with Crippen LogP contribution in [0.2, 0.25) is 0 Å². The Morgan fingerprint density at radius 2 is 1.93 bits per heavy atom. The lowest BCUT2D eigenvalue weighted by molar-refractivity contribution is -0.131. The van der Waals surface area contributed by atoms with Crippen molar-refractivity contribution in [3.63, 3.8) is 0 Å². The van der Waals surface area contributed by atoms with Crippen LogP contribution in [0.1, 0.15) is 12.0 Å². The number of pyridine rings is 1. The summed E-state index contributed by atoms with van der Waals surface area (Å²) in [7, 11) is 3.68. The molecule has 6 rings (SSSR count). The van der Waals surface area contributed by atoms with Crippen LogP contribution in [-0.4, -0.2) is 102 Å². The molecule has 2 aliphatic heterocycles. The highest BCUT2D eigenvalue weighted by Crippen LogP contribution is 2.36. The maximum Gasteiger partial charge on any atom is 0.319 e. The van der Waals surface area contributed by atoms with Crippen molar-refractivity contribution in [2.75, 3.05) is 58.4 Å². The van der Waals surface area contributed by atoms with Gasteiger partial charge in [0.15, 0.2) is 11.6 Å². The van der Waals surface area contributed by atoms with Crippen molar-refractivity contribution in [2.45, 2.75) is 31.5 Å². The maximum atomic E-state index is 16.7. The monoisotopic (exact) mass is 627 g/mol. The third kappa shape index (κ3) is 5.84. The van der Waals surface area contributed by atoms with E-state index in [9.17, 15) is 9.18 Å². The minimum absolute atomic E-state index is 0.000659. The van der Waals surface area contributed by atoms with Gasteiger partial charge in [-0.15, -0.1) is 0 Å². The van der Waals surface area contributed by atoms with E-state index >= 15 is 4.39 Å². The Bertz CT molecular complexity index is 1860. The zero-order valence-corrected chi connectivity index (χ0v) is 26.0. The highest BCUT2D eigenvalue weighted by molar-refractivity contribution is 6.00. The van der Waals surface area contributed by atoms with Gasteiger partial charge in [0.05, 0.1) is 11.5 Å². The largest absolute Gasteiger partial charge is 0.462 e. The summed E-state index contributed by atoms with van der Waals surface area (Å²) < 4.78 is 42.2. The van der Waals surface area contributed by atoms with Crippen molar-refractivity contribution < 1.29 is 23.0 Å². The van der Waals surface area contributed by atoms with Gasteiger partial charge < -0.3 is 24.1 Å². The molecule has 0 radical (unpaired) electrons. The number of likely N-dealkylation sites (tertiary alicyclic amines) is 1. The summed E-state index contributed by atoms with van der Waals surface area (Å²) in [6, 6.07) is 11.0. The van der Waals surface area contributed by atoms with E-state index in [1.165, 1.54) is 4.90 Å². The van der Waals surface area contributed by atoms with E-state index in [1.54, 1.807) is 13.3 Å². The molecule has 3 atom stereocenters. The first-order valence-electron chi connectivity index (χ1n) is 15.1. The molecular formula is C34H35F2N7O3. The van der Waals surface area contributed by atoms with E-state index in [0.717, 1.165) is 29.3 Å². The summed E-state index contributed by atoms with van der Waals surface area (Å²) >= 11 is 0. The molecule has 0 aliphatic carbocycles. The van der Waals surface area contributed by atoms with Crippen LogP contribution in [0.4, 0.5) is 14.6 Å². The number of hydrogen-bond donors (Lipinski definition) is 0. The quantitative estimate of drug-likeness (QED) is 0.203. The van der Waals surface area contributed by atoms with Gasteiger partial charge in [-0.3, -0.25) is 14.7 Å². The van der Waals surface area contributed by atoms with E-state index < -0.39 is 23.6 Å². The number of aryl methyl sites for hydroxylation is 1. The number of hydrogen-bond acceptors (Lipinski definition) is 8. The van der Waals surface area contributed by atoms with Crippen LogP contribution in [0.5, 0.6) is 6.01 Å². The van der Waals surface area contributed by atoms with Gasteiger partial charge in [-0.1, -0.05) is 43.0 Å². The van der Waals surface area contributed by atoms with Crippen LogP contribution in [0.25, 0.3) is 37.8 Å². The molecule has 0 bridgehead atoms. The Labute approximate surface area is 266 Å². The number of piperazine rings is 1. The predicted molar refractivity (Wildman–Crippen MR) is 172 cm³/mol. The molecule has 2 saturated heterocycles. The molecule has 238 valence electrons. The summed E-state index contributed by atoms with van der Waals surface area (Å²) in [4.78, 5) is 35.2. The minimum atomic E-state index is -1.08. The Balaban J connectivity index is 1.44. The molecule has 2 aromatic carbocycles. The van der Waals surface area contributed by atoms with Crippen LogP contribution in [0, 0.1) is 19.3 Å². The number of methoxy groups -OCH3 is 1. The first-order chi connectivity index (χ1) is 22.2. The van der Waals surface area contributed by atoms with Crippen molar-refractivity contribution in [1.82, 2.24) is 24.8 Å². The third-order valence-electron chi connectivity index (χ3n) is 8.98. The summed E-state index contributed by atoms with van der Waals surface area (Å²) in [5.74, 6) is -2.17. The highest BCUT2D eigenvalue weighted by atomic mass is 19.1. The number of rotatable bonds is 8. The van der Waals surface area contributed by atoms with Crippen molar-refractivity contribution in [3.05, 3.63) is 77.8 Å². The number of ether oxygens (including phenoxy) is 2. The molecule has 0 N–H and O–H groups in total. The number of nitrogens with zero attached hydrogens (tertiary/aromatic N) is 7. The molecule has 12 heteroatoms. The van der Waals surface area contributed by atoms with Gasteiger partial charge in [0.25, 0.3) is 5.91 Å². The van der Waals surface area contributed by atoms with Crippen LogP contribution in [0.15, 0.2) is 55.0 Å². The average molecular weight is 628 g/mol. The fourth-order valence-electron chi connectivity index (χ4n) is 6.54. The molecule has 0 saturated carbocycles. The molecule has 0 unspecified atom stereocenters. The molecule has 46 heavy (non-hydrogen) atoms. The van der Waals surface area contributed by atoms with Gasteiger partial charge >= 0.3 is 6.01 Å². The second-order valence-electron chi connectivity index (χ2n) is 11.8. The fraction of sp³-hybridized carbons (Fsp3) is 0.382. The first kappa shape index (κ1) is 31.3. The summed E-state index contributed by atoms with van der Waals surface area (Å²) in [6.45, 7) is 14.1. The molecule has 2 aliphatic rings. The molecule has 2 aromatic heterocycles. The number of likely N-dealkylation sites (N-methyl/N-ethyl adjacent to an activating group) is 1. The number of aromatic nitrogens is 3. The molecule has 4 heterocycles. The Hall–Kier alpha value is -4.73. The van der Waals surface area contributed by atoms with Crippen molar-refractivity contribution in [2.24, 2.45) is 0 Å². The van der Waals surface area contributed by atoms with Crippen LogP contribution in [0.3, 0.4) is 0 Å². The van der Waals surface area contributed by atoms with Gasteiger partial charge in [-0.2, -0.15) is 9.97 Å². The van der Waals surface area contributed by atoms with Gasteiger partial charge in [0, 0.05) is 51.1 Å². The molecule has 2 fully saturated rings. The van der Waals surface area contributed by atoms with Crippen molar-refractivity contribution in [3.8, 4) is 17.3 Å².